The van der Waals surface area contributed by atoms with E-state index in [1.54, 1.807) is 11.8 Å². The molecule has 0 saturated heterocycles. The fourth-order valence-electron chi connectivity index (χ4n) is 2.29. The second kappa shape index (κ2) is 8.09. The molecule has 1 amide bonds. The Labute approximate surface area is 152 Å². The van der Waals surface area contributed by atoms with Crippen molar-refractivity contribution in [2.75, 3.05) is 11.1 Å². The van der Waals surface area contributed by atoms with Crippen molar-refractivity contribution in [3.8, 4) is 0 Å². The highest BCUT2D eigenvalue weighted by Gasteiger charge is 2.19. The first-order chi connectivity index (χ1) is 12.6. The number of nitrogens with zero attached hydrogens (tertiary/aromatic N) is 2. The van der Waals surface area contributed by atoms with Crippen molar-refractivity contribution in [2.24, 2.45) is 0 Å². The summed E-state index contributed by atoms with van der Waals surface area (Å²) in [5.41, 5.74) is 0.267. The minimum absolute atomic E-state index is 0.217. The zero-order valence-corrected chi connectivity index (χ0v) is 14.6. The molecule has 1 heterocycles. The van der Waals surface area contributed by atoms with Crippen LogP contribution in [0, 0.1) is 11.6 Å². The largest absolute Gasteiger partial charge is 0.407 e. The van der Waals surface area contributed by atoms with Gasteiger partial charge < -0.3 is 4.42 Å². The average Bonchev–Trinajstić information content (AvgIpc) is 3.03. The van der Waals surface area contributed by atoms with Crippen molar-refractivity contribution < 1.29 is 18.0 Å². The first-order valence-electron chi connectivity index (χ1n) is 7.86. The first kappa shape index (κ1) is 18.1. The summed E-state index contributed by atoms with van der Waals surface area (Å²) in [6.07, 6.45) is 0.383. The minimum Gasteiger partial charge on any atom is -0.407 e. The van der Waals surface area contributed by atoms with Crippen LogP contribution in [0.1, 0.15) is 28.7 Å². The quantitative estimate of drug-likeness (QED) is 0.651. The van der Waals surface area contributed by atoms with Gasteiger partial charge in [-0.05, 0) is 35.6 Å². The smallest absolute Gasteiger partial charge is 0.322 e. The summed E-state index contributed by atoms with van der Waals surface area (Å²) >= 11 is 1.74. The van der Waals surface area contributed by atoms with E-state index in [9.17, 15) is 13.6 Å². The van der Waals surface area contributed by atoms with Crippen LogP contribution in [0.25, 0.3) is 0 Å². The van der Waals surface area contributed by atoms with Crippen LogP contribution < -0.4 is 5.32 Å². The lowest BCUT2D eigenvalue weighted by molar-refractivity contribution is 0.101. The van der Waals surface area contributed by atoms with Crippen molar-refractivity contribution in [1.82, 2.24) is 10.2 Å². The molecule has 0 saturated carbocycles. The summed E-state index contributed by atoms with van der Waals surface area (Å²) in [4.78, 5) is 13.2. The normalized spacial score (nSPS) is 10.7. The second-order valence-electron chi connectivity index (χ2n) is 5.31. The number of carbonyl (C=O) groups excluding carboxylic acids is 1. The van der Waals surface area contributed by atoms with Gasteiger partial charge in [-0.3, -0.25) is 10.1 Å². The molecule has 8 heteroatoms. The van der Waals surface area contributed by atoms with E-state index in [1.165, 1.54) is 11.0 Å². The predicted octanol–water partition coefficient (Wildman–Crippen LogP) is 4.30. The lowest BCUT2D eigenvalue weighted by atomic mass is 10.1. The number of hydrogen-bond acceptors (Lipinski definition) is 5. The number of rotatable bonds is 6. The summed E-state index contributed by atoms with van der Waals surface area (Å²) in [5, 5.41) is 9.73. The van der Waals surface area contributed by atoms with Gasteiger partial charge in [0.25, 0.3) is 5.91 Å². The molecule has 0 fully saturated rings. The molecule has 1 aromatic heterocycles. The standard InChI is InChI=1S/C18H15F2N3O2S/c1-2-26-12-8-6-11(7-9-12)10-15-22-23-18(25-15)21-17(24)16-13(19)4-3-5-14(16)20/h3-9H,2,10H2,1H3,(H,21,23,24). The molecule has 1 N–H and O–H groups in total. The number of carbonyl (C=O) groups is 1. The highest BCUT2D eigenvalue weighted by Crippen LogP contribution is 2.20. The SMILES string of the molecule is CCSc1ccc(Cc2nnc(NC(=O)c3c(F)cccc3F)o2)cc1. The fourth-order valence-corrected chi connectivity index (χ4v) is 2.96. The molecule has 26 heavy (non-hydrogen) atoms. The molecule has 0 atom stereocenters. The molecule has 0 aliphatic heterocycles. The maximum Gasteiger partial charge on any atom is 0.322 e. The van der Waals surface area contributed by atoms with Gasteiger partial charge in [-0.25, -0.2) is 8.78 Å². The number of amides is 1. The topological polar surface area (TPSA) is 68.0 Å². The number of thioether (sulfide) groups is 1. The van der Waals surface area contributed by atoms with Crippen LogP contribution in [-0.4, -0.2) is 21.9 Å². The summed E-state index contributed by atoms with van der Waals surface area (Å²) in [5.74, 6) is -1.64. The van der Waals surface area contributed by atoms with Gasteiger partial charge in [-0.1, -0.05) is 30.2 Å². The van der Waals surface area contributed by atoms with Gasteiger partial charge in [-0.15, -0.1) is 16.9 Å². The molecule has 2 aromatic carbocycles. The van der Waals surface area contributed by atoms with Crippen LogP contribution >= 0.6 is 11.8 Å². The lowest BCUT2D eigenvalue weighted by Crippen LogP contribution is -2.16. The van der Waals surface area contributed by atoms with Crippen LogP contribution in [0.3, 0.4) is 0 Å². The van der Waals surface area contributed by atoms with Gasteiger partial charge in [0.05, 0.1) is 6.42 Å². The molecule has 0 aliphatic carbocycles. The highest BCUT2D eigenvalue weighted by atomic mass is 32.2. The Kier molecular flexibility index (Phi) is 5.62. The highest BCUT2D eigenvalue weighted by molar-refractivity contribution is 7.99. The van der Waals surface area contributed by atoms with E-state index in [2.05, 4.69) is 22.4 Å². The summed E-state index contributed by atoms with van der Waals surface area (Å²) < 4.78 is 32.6. The Morgan fingerprint density at radius 3 is 2.46 bits per heavy atom. The number of hydrogen-bond donors (Lipinski definition) is 1. The van der Waals surface area contributed by atoms with Gasteiger partial charge >= 0.3 is 6.01 Å². The molecular weight excluding hydrogens is 360 g/mol. The van der Waals surface area contributed by atoms with Gasteiger partial charge in [0.1, 0.15) is 17.2 Å². The van der Waals surface area contributed by atoms with Crippen LogP contribution in [0.15, 0.2) is 51.8 Å². The van der Waals surface area contributed by atoms with E-state index in [0.717, 1.165) is 23.4 Å². The summed E-state index contributed by atoms with van der Waals surface area (Å²) in [6, 6.07) is 10.9. The van der Waals surface area contributed by atoms with Crippen LogP contribution in [-0.2, 0) is 6.42 Å². The van der Waals surface area contributed by atoms with Crippen molar-refractivity contribution in [2.45, 2.75) is 18.2 Å². The number of benzene rings is 2. The third-order valence-corrected chi connectivity index (χ3v) is 4.36. The molecule has 0 radical (unpaired) electrons. The third-order valence-electron chi connectivity index (χ3n) is 3.47. The Morgan fingerprint density at radius 1 is 1.12 bits per heavy atom. The monoisotopic (exact) mass is 375 g/mol. The van der Waals surface area contributed by atoms with Crippen LogP contribution in [0.2, 0.25) is 0 Å². The number of anilines is 1. The van der Waals surface area contributed by atoms with E-state index in [0.29, 0.717) is 6.42 Å². The lowest BCUT2D eigenvalue weighted by Gasteiger charge is -2.03. The molecular formula is C18H15F2N3O2S. The maximum absolute atomic E-state index is 13.6. The Morgan fingerprint density at radius 2 is 1.81 bits per heavy atom. The maximum atomic E-state index is 13.6. The number of aromatic nitrogens is 2. The molecule has 3 rings (SSSR count). The van der Waals surface area contributed by atoms with E-state index >= 15 is 0 Å². The number of nitrogens with one attached hydrogen (secondary N) is 1. The van der Waals surface area contributed by atoms with Gasteiger partial charge in [0, 0.05) is 4.90 Å². The molecule has 0 spiro atoms. The van der Waals surface area contributed by atoms with Crippen molar-refractivity contribution >= 4 is 23.7 Å². The van der Waals surface area contributed by atoms with Crippen molar-refractivity contribution in [1.29, 1.82) is 0 Å². The molecule has 0 bridgehead atoms. The van der Waals surface area contributed by atoms with Crippen LogP contribution in [0.4, 0.5) is 14.8 Å². The summed E-state index contributed by atoms with van der Waals surface area (Å²) in [7, 11) is 0. The van der Waals surface area contributed by atoms with Crippen molar-refractivity contribution in [3.05, 3.63) is 71.1 Å². The predicted molar refractivity (Wildman–Crippen MR) is 94.3 cm³/mol. The van der Waals surface area contributed by atoms with E-state index < -0.39 is 23.1 Å². The van der Waals surface area contributed by atoms with Gasteiger partial charge in [0.15, 0.2) is 0 Å². The molecule has 0 unspecified atom stereocenters. The van der Waals surface area contributed by atoms with Crippen molar-refractivity contribution in [3.63, 3.8) is 0 Å². The zero-order chi connectivity index (χ0) is 18.5. The van der Waals surface area contributed by atoms with E-state index in [4.69, 9.17) is 4.42 Å². The number of halogens is 2. The van der Waals surface area contributed by atoms with E-state index in [-0.39, 0.29) is 11.9 Å². The second-order valence-corrected chi connectivity index (χ2v) is 6.64. The van der Waals surface area contributed by atoms with Gasteiger partial charge in [-0.2, -0.15) is 0 Å². The molecule has 0 aliphatic rings. The van der Waals surface area contributed by atoms with Crippen LogP contribution in [0.5, 0.6) is 0 Å². The average molecular weight is 375 g/mol. The Bertz CT molecular complexity index is 893. The molecule has 5 nitrogen and oxygen atoms in total. The minimum atomic E-state index is -0.989. The Balaban J connectivity index is 1.67. The summed E-state index contributed by atoms with van der Waals surface area (Å²) in [6.45, 7) is 2.08. The van der Waals surface area contributed by atoms with Gasteiger partial charge in [0.2, 0.25) is 5.89 Å². The fraction of sp³-hybridized carbons (Fsp3) is 0.167. The molecule has 134 valence electrons. The molecule has 3 aromatic rings. The van der Waals surface area contributed by atoms with E-state index in [1.807, 2.05) is 24.3 Å². The Hall–Kier alpha value is -2.74. The first-order valence-corrected chi connectivity index (χ1v) is 8.85. The third kappa shape index (κ3) is 4.26. The zero-order valence-electron chi connectivity index (χ0n) is 13.8.